The summed E-state index contributed by atoms with van der Waals surface area (Å²) in [6, 6.07) is 0. The van der Waals surface area contributed by atoms with Crippen molar-refractivity contribution in [3.63, 3.8) is 0 Å². The highest BCUT2D eigenvalue weighted by Gasteiger charge is 2.43. The molecule has 3 unspecified atom stereocenters. The fraction of sp³-hybridized carbons (Fsp3) is 0.852. The largest absolute Gasteiger partial charge is 0.379 e. The van der Waals surface area contributed by atoms with Crippen LogP contribution >= 0.6 is 0 Å². The molecule has 3 saturated carbocycles. The Balaban J connectivity index is 1.09. The number of rotatable bonds is 5. The lowest BCUT2D eigenvalue weighted by Gasteiger charge is -2.48. The number of nitrogens with zero attached hydrogens (tertiary/aromatic N) is 2. The van der Waals surface area contributed by atoms with E-state index in [1.54, 1.807) is 19.3 Å². The molecule has 3 heteroatoms. The summed E-state index contributed by atoms with van der Waals surface area (Å²) in [6.45, 7) is 17.4. The summed E-state index contributed by atoms with van der Waals surface area (Å²) < 4.78 is 5.45. The van der Waals surface area contributed by atoms with Gasteiger partial charge in [0.1, 0.15) is 0 Å². The van der Waals surface area contributed by atoms with E-state index >= 15 is 0 Å². The van der Waals surface area contributed by atoms with Gasteiger partial charge in [0.05, 0.1) is 18.6 Å². The number of hydrogen-bond acceptors (Lipinski definition) is 3. The summed E-state index contributed by atoms with van der Waals surface area (Å²) in [5, 5.41) is 0. The first-order valence-electron chi connectivity index (χ1n) is 13.0. The molecule has 168 valence electrons. The van der Waals surface area contributed by atoms with Crippen LogP contribution in [0.3, 0.4) is 0 Å². The van der Waals surface area contributed by atoms with E-state index in [1.807, 2.05) is 0 Å². The average Bonchev–Trinajstić information content (AvgIpc) is 3.21. The molecular formula is C27H44N2O. The quantitative estimate of drug-likeness (QED) is 0.577. The van der Waals surface area contributed by atoms with Crippen molar-refractivity contribution < 1.29 is 4.74 Å². The summed E-state index contributed by atoms with van der Waals surface area (Å²) in [7, 11) is 0. The van der Waals surface area contributed by atoms with Crippen LogP contribution in [0.5, 0.6) is 0 Å². The maximum absolute atomic E-state index is 5.45. The topological polar surface area (TPSA) is 15.7 Å². The average molecular weight is 413 g/mol. The maximum Gasteiger partial charge on any atom is 0.0597 e. The Morgan fingerprint density at radius 1 is 0.733 bits per heavy atom. The van der Waals surface area contributed by atoms with Gasteiger partial charge >= 0.3 is 0 Å². The molecule has 0 aromatic heterocycles. The lowest BCUT2D eigenvalue weighted by atomic mass is 9.68. The van der Waals surface area contributed by atoms with Gasteiger partial charge in [0.2, 0.25) is 0 Å². The molecule has 0 spiro atoms. The first kappa shape index (κ1) is 20.9. The summed E-state index contributed by atoms with van der Waals surface area (Å²) >= 11 is 0. The third-order valence-corrected chi connectivity index (χ3v) is 9.84. The zero-order chi connectivity index (χ0) is 20.7. The Morgan fingerprint density at radius 2 is 1.30 bits per heavy atom. The van der Waals surface area contributed by atoms with Crippen molar-refractivity contribution >= 4 is 0 Å². The second-order valence-electron chi connectivity index (χ2n) is 11.5. The van der Waals surface area contributed by atoms with Crippen molar-refractivity contribution in [3.05, 3.63) is 24.6 Å². The highest BCUT2D eigenvalue weighted by molar-refractivity contribution is 5.13. The fourth-order valence-corrected chi connectivity index (χ4v) is 7.72. The van der Waals surface area contributed by atoms with E-state index in [0.29, 0.717) is 0 Å². The Labute approximate surface area is 184 Å². The fourth-order valence-electron chi connectivity index (χ4n) is 7.72. The predicted molar refractivity (Wildman–Crippen MR) is 124 cm³/mol. The van der Waals surface area contributed by atoms with E-state index in [2.05, 4.69) is 29.9 Å². The third kappa shape index (κ3) is 3.85. The van der Waals surface area contributed by atoms with E-state index < -0.39 is 0 Å². The van der Waals surface area contributed by atoms with Crippen LogP contribution in [0.1, 0.15) is 71.1 Å². The lowest BCUT2D eigenvalue weighted by molar-refractivity contribution is -0.0923. The molecule has 3 nitrogen and oxygen atoms in total. The van der Waals surface area contributed by atoms with Crippen molar-refractivity contribution in [2.24, 2.45) is 35.0 Å². The smallest absolute Gasteiger partial charge is 0.0597 e. The summed E-state index contributed by atoms with van der Waals surface area (Å²) in [5.41, 5.74) is 2.91. The predicted octanol–water partition coefficient (Wildman–Crippen LogP) is 5.69. The van der Waals surface area contributed by atoms with Crippen molar-refractivity contribution in [1.82, 2.24) is 9.80 Å². The molecule has 0 amide bonds. The Morgan fingerprint density at radius 3 is 1.97 bits per heavy atom. The van der Waals surface area contributed by atoms with Gasteiger partial charge in [-0.1, -0.05) is 32.4 Å². The highest BCUT2D eigenvalue weighted by Crippen LogP contribution is 2.52. The summed E-state index contributed by atoms with van der Waals surface area (Å²) in [4.78, 5) is 5.10. The molecule has 5 aliphatic rings. The molecule has 0 bridgehead atoms. The van der Waals surface area contributed by atoms with Crippen LogP contribution in [-0.2, 0) is 4.74 Å². The first-order valence-corrected chi connectivity index (χ1v) is 13.0. The van der Waals surface area contributed by atoms with Gasteiger partial charge in [-0.05, 0) is 81.5 Å². The minimum absolute atomic E-state index is 0.176. The Bertz CT molecular complexity index is 637. The minimum atomic E-state index is 0.176. The van der Waals surface area contributed by atoms with E-state index in [4.69, 9.17) is 4.74 Å². The molecule has 0 radical (unpaired) electrons. The van der Waals surface area contributed by atoms with Gasteiger partial charge in [-0.15, -0.1) is 0 Å². The van der Waals surface area contributed by atoms with Gasteiger partial charge in [-0.25, -0.2) is 0 Å². The number of allylic oxidation sites excluding steroid dienone is 1. The zero-order valence-corrected chi connectivity index (χ0v) is 19.4. The van der Waals surface area contributed by atoms with Crippen LogP contribution in [0.2, 0.25) is 0 Å². The lowest BCUT2D eigenvalue weighted by Crippen LogP contribution is -2.52. The molecule has 2 aliphatic heterocycles. The normalized spacial score (nSPS) is 38.6. The summed E-state index contributed by atoms with van der Waals surface area (Å²) in [5.74, 6) is 5.00. The van der Waals surface area contributed by atoms with Crippen molar-refractivity contribution in [2.75, 3.05) is 39.4 Å². The second kappa shape index (κ2) is 8.52. The highest BCUT2D eigenvalue weighted by atomic mass is 16.5. The number of ether oxygens (including phenoxy) is 1. The number of piperazine rings is 1. The van der Waals surface area contributed by atoms with E-state index in [9.17, 15) is 0 Å². The van der Waals surface area contributed by atoms with Gasteiger partial charge in [0, 0.05) is 37.6 Å². The van der Waals surface area contributed by atoms with Crippen LogP contribution < -0.4 is 0 Å². The number of fused-ring (bicyclic) bond motifs is 1. The molecule has 2 saturated heterocycles. The zero-order valence-electron chi connectivity index (χ0n) is 19.4. The van der Waals surface area contributed by atoms with Gasteiger partial charge in [0.15, 0.2) is 0 Å². The van der Waals surface area contributed by atoms with Gasteiger partial charge in [0.25, 0.3) is 0 Å². The SMILES string of the molecule is C=C(C1CCC(C2CCC3CCCCC32)CC1)N1CCN(C(=C)C2(C)COC2)CC1. The Hall–Kier alpha value is -0.960. The molecule has 30 heavy (non-hydrogen) atoms. The molecule has 3 atom stereocenters. The van der Waals surface area contributed by atoms with Crippen LogP contribution in [0.15, 0.2) is 24.6 Å². The van der Waals surface area contributed by atoms with E-state index in [-0.39, 0.29) is 5.41 Å². The van der Waals surface area contributed by atoms with Crippen molar-refractivity contribution in [3.8, 4) is 0 Å². The molecule has 3 aliphatic carbocycles. The van der Waals surface area contributed by atoms with E-state index in [0.717, 1.165) is 69.0 Å². The first-order chi connectivity index (χ1) is 14.5. The molecular weight excluding hydrogens is 368 g/mol. The van der Waals surface area contributed by atoms with Crippen LogP contribution in [0.4, 0.5) is 0 Å². The van der Waals surface area contributed by atoms with Crippen molar-refractivity contribution in [1.29, 1.82) is 0 Å². The van der Waals surface area contributed by atoms with Crippen LogP contribution in [0, 0.1) is 35.0 Å². The third-order valence-electron chi connectivity index (χ3n) is 9.84. The monoisotopic (exact) mass is 412 g/mol. The van der Waals surface area contributed by atoms with Crippen LogP contribution in [0.25, 0.3) is 0 Å². The van der Waals surface area contributed by atoms with E-state index in [1.165, 1.54) is 56.3 Å². The Kier molecular flexibility index (Phi) is 5.94. The van der Waals surface area contributed by atoms with Crippen molar-refractivity contribution in [2.45, 2.75) is 71.1 Å². The molecule has 5 rings (SSSR count). The molecule has 5 fully saturated rings. The maximum atomic E-state index is 5.45. The van der Waals surface area contributed by atoms with Crippen LogP contribution in [-0.4, -0.2) is 49.2 Å². The molecule has 2 heterocycles. The van der Waals surface area contributed by atoms with Gasteiger partial charge in [-0.3, -0.25) is 0 Å². The molecule has 0 N–H and O–H groups in total. The second-order valence-corrected chi connectivity index (χ2v) is 11.5. The number of hydrogen-bond donors (Lipinski definition) is 0. The minimum Gasteiger partial charge on any atom is -0.379 e. The van der Waals surface area contributed by atoms with Gasteiger partial charge < -0.3 is 14.5 Å². The summed E-state index contributed by atoms with van der Waals surface area (Å²) in [6.07, 6.45) is 14.9. The standard InChI is InChI=1S/C27H44N2O/c1-20(28-14-16-29(17-15-28)21(2)27(3)18-30-19-27)22-8-10-24(11-9-22)26-13-12-23-6-4-5-7-25(23)26/h22-26H,1-2,4-19H2,3H3. The molecule has 0 aromatic carbocycles. The molecule has 0 aromatic rings. The van der Waals surface area contributed by atoms with Gasteiger partial charge in [-0.2, -0.15) is 0 Å².